The first kappa shape index (κ1) is 17.1. The van der Waals surface area contributed by atoms with Gasteiger partial charge in [-0.15, -0.1) is 11.3 Å². The molecule has 2 aromatic rings. The maximum Gasteiger partial charge on any atom is 0.275 e. The van der Waals surface area contributed by atoms with Crippen molar-refractivity contribution in [3.63, 3.8) is 0 Å². The molecule has 1 atom stereocenters. The standard InChI is InChI=1S/C14H16ClN3O2S2/c1-22(20)8-9-6-10(2-3-11(9)15)17-14(19)12-7-21-13(18-12)4-5-16/h2-3,6-7H,4-5,8,16H2,1H3,(H,17,19). The predicted octanol–water partition coefficient (Wildman–Crippen LogP) is 2.43. The van der Waals surface area contributed by atoms with Crippen LogP contribution in [0.15, 0.2) is 23.6 Å². The molecule has 22 heavy (non-hydrogen) atoms. The van der Waals surface area contributed by atoms with Gasteiger partial charge in [0.1, 0.15) is 5.69 Å². The zero-order valence-corrected chi connectivity index (χ0v) is 14.4. The molecule has 0 aliphatic carbocycles. The molecule has 2 rings (SSSR count). The summed E-state index contributed by atoms with van der Waals surface area (Å²) in [5.41, 5.74) is 7.17. The lowest BCUT2D eigenvalue weighted by Gasteiger charge is -2.07. The second-order valence-corrected chi connectivity index (χ2v) is 7.43. The lowest BCUT2D eigenvalue weighted by molar-refractivity contribution is 0.102. The molecule has 1 amide bonds. The normalized spacial score (nSPS) is 12.1. The van der Waals surface area contributed by atoms with Crippen molar-refractivity contribution in [2.45, 2.75) is 12.2 Å². The van der Waals surface area contributed by atoms with Gasteiger partial charge in [0.25, 0.3) is 5.91 Å². The van der Waals surface area contributed by atoms with Crippen molar-refractivity contribution in [2.75, 3.05) is 18.1 Å². The summed E-state index contributed by atoms with van der Waals surface area (Å²) in [6.45, 7) is 0.503. The van der Waals surface area contributed by atoms with Gasteiger partial charge in [0, 0.05) is 45.3 Å². The average Bonchev–Trinajstić information content (AvgIpc) is 2.91. The molecule has 1 aromatic carbocycles. The number of hydrogen-bond donors (Lipinski definition) is 2. The molecular weight excluding hydrogens is 342 g/mol. The van der Waals surface area contributed by atoms with Crippen LogP contribution < -0.4 is 11.1 Å². The summed E-state index contributed by atoms with van der Waals surface area (Å²) in [7, 11) is -1.00. The average molecular weight is 358 g/mol. The van der Waals surface area contributed by atoms with Gasteiger partial charge in [-0.05, 0) is 30.3 Å². The number of hydrogen-bond acceptors (Lipinski definition) is 5. The van der Waals surface area contributed by atoms with E-state index in [0.29, 0.717) is 35.1 Å². The van der Waals surface area contributed by atoms with E-state index in [0.717, 1.165) is 10.6 Å². The summed E-state index contributed by atoms with van der Waals surface area (Å²) in [5, 5.41) is 5.85. The summed E-state index contributed by atoms with van der Waals surface area (Å²) < 4.78 is 11.3. The Morgan fingerprint density at radius 2 is 2.27 bits per heavy atom. The molecule has 0 spiro atoms. The van der Waals surface area contributed by atoms with Gasteiger partial charge in [0.05, 0.1) is 5.01 Å². The Morgan fingerprint density at radius 1 is 1.50 bits per heavy atom. The number of nitrogens with one attached hydrogen (secondary N) is 1. The molecule has 1 unspecified atom stereocenters. The number of anilines is 1. The maximum atomic E-state index is 12.2. The van der Waals surface area contributed by atoms with Crippen molar-refractivity contribution in [1.82, 2.24) is 4.98 Å². The van der Waals surface area contributed by atoms with Gasteiger partial charge in [0.2, 0.25) is 0 Å². The van der Waals surface area contributed by atoms with E-state index in [-0.39, 0.29) is 5.91 Å². The zero-order chi connectivity index (χ0) is 16.1. The summed E-state index contributed by atoms with van der Waals surface area (Å²) in [4.78, 5) is 16.4. The van der Waals surface area contributed by atoms with Gasteiger partial charge in [0.15, 0.2) is 0 Å². The second-order valence-electron chi connectivity index (χ2n) is 4.64. The van der Waals surface area contributed by atoms with Crippen LogP contribution in [-0.4, -0.2) is 27.9 Å². The molecule has 1 aromatic heterocycles. The number of amides is 1. The van der Waals surface area contributed by atoms with E-state index in [9.17, 15) is 9.00 Å². The van der Waals surface area contributed by atoms with Gasteiger partial charge in [-0.2, -0.15) is 0 Å². The van der Waals surface area contributed by atoms with Crippen LogP contribution in [0.3, 0.4) is 0 Å². The number of aromatic nitrogens is 1. The van der Waals surface area contributed by atoms with E-state index in [4.69, 9.17) is 17.3 Å². The molecule has 0 radical (unpaired) electrons. The van der Waals surface area contributed by atoms with Crippen LogP contribution in [0.4, 0.5) is 5.69 Å². The predicted molar refractivity (Wildman–Crippen MR) is 92.0 cm³/mol. The highest BCUT2D eigenvalue weighted by molar-refractivity contribution is 7.83. The van der Waals surface area contributed by atoms with Crippen molar-refractivity contribution in [1.29, 1.82) is 0 Å². The van der Waals surface area contributed by atoms with Crippen molar-refractivity contribution in [2.24, 2.45) is 5.73 Å². The highest BCUT2D eigenvalue weighted by Gasteiger charge is 2.12. The van der Waals surface area contributed by atoms with Gasteiger partial charge in [-0.3, -0.25) is 9.00 Å². The number of nitrogens with zero attached hydrogens (tertiary/aromatic N) is 1. The van der Waals surface area contributed by atoms with Crippen LogP contribution in [0.25, 0.3) is 0 Å². The Bertz CT molecular complexity index is 703. The highest BCUT2D eigenvalue weighted by atomic mass is 35.5. The van der Waals surface area contributed by atoms with E-state index >= 15 is 0 Å². The molecular formula is C14H16ClN3O2S2. The Morgan fingerprint density at radius 3 is 2.95 bits per heavy atom. The van der Waals surface area contributed by atoms with Crippen molar-refractivity contribution in [3.8, 4) is 0 Å². The van der Waals surface area contributed by atoms with Crippen molar-refractivity contribution < 1.29 is 9.00 Å². The minimum absolute atomic E-state index is 0.287. The van der Waals surface area contributed by atoms with Crippen LogP contribution in [0.5, 0.6) is 0 Å². The fourth-order valence-corrected chi connectivity index (χ4v) is 3.57. The molecule has 0 aliphatic heterocycles. The van der Waals surface area contributed by atoms with Gasteiger partial charge < -0.3 is 11.1 Å². The summed E-state index contributed by atoms with van der Waals surface area (Å²) in [5.74, 6) is 0.0605. The molecule has 0 bridgehead atoms. The summed E-state index contributed by atoms with van der Waals surface area (Å²) >= 11 is 7.48. The van der Waals surface area contributed by atoms with E-state index < -0.39 is 10.8 Å². The summed E-state index contributed by atoms with van der Waals surface area (Å²) in [6, 6.07) is 5.12. The number of carbonyl (C=O) groups is 1. The van der Waals surface area contributed by atoms with Crippen LogP contribution in [0, 0.1) is 0 Å². The van der Waals surface area contributed by atoms with Crippen LogP contribution in [0.2, 0.25) is 5.02 Å². The second kappa shape index (κ2) is 7.82. The van der Waals surface area contributed by atoms with E-state index in [1.165, 1.54) is 11.3 Å². The lowest BCUT2D eigenvalue weighted by Crippen LogP contribution is -2.13. The van der Waals surface area contributed by atoms with E-state index in [1.54, 1.807) is 29.8 Å². The fourth-order valence-electron chi connectivity index (χ4n) is 1.83. The fraction of sp³-hybridized carbons (Fsp3) is 0.286. The number of halogens is 1. The molecule has 1 heterocycles. The molecule has 118 valence electrons. The third-order valence-corrected chi connectivity index (χ3v) is 4.80. The van der Waals surface area contributed by atoms with Crippen LogP contribution in [-0.2, 0) is 23.0 Å². The zero-order valence-electron chi connectivity index (χ0n) is 12.0. The molecule has 0 saturated carbocycles. The van der Waals surface area contributed by atoms with Crippen molar-refractivity contribution >= 4 is 45.3 Å². The third-order valence-electron chi connectivity index (χ3n) is 2.80. The molecule has 3 N–H and O–H groups in total. The molecule has 0 aliphatic rings. The van der Waals surface area contributed by atoms with Crippen LogP contribution in [0.1, 0.15) is 21.1 Å². The third kappa shape index (κ3) is 4.61. The first-order valence-corrected chi connectivity index (χ1v) is 9.52. The van der Waals surface area contributed by atoms with E-state index in [1.807, 2.05) is 0 Å². The smallest absolute Gasteiger partial charge is 0.275 e. The number of nitrogens with two attached hydrogens (primary N) is 1. The van der Waals surface area contributed by atoms with Gasteiger partial charge in [-0.1, -0.05) is 11.6 Å². The largest absolute Gasteiger partial charge is 0.330 e. The Kier molecular flexibility index (Phi) is 6.07. The topological polar surface area (TPSA) is 85.1 Å². The quantitative estimate of drug-likeness (QED) is 0.831. The number of rotatable bonds is 6. The monoisotopic (exact) mass is 357 g/mol. The van der Waals surface area contributed by atoms with Crippen LogP contribution >= 0.6 is 22.9 Å². The van der Waals surface area contributed by atoms with Gasteiger partial charge >= 0.3 is 0 Å². The first-order valence-electron chi connectivity index (χ1n) is 6.54. The number of carbonyl (C=O) groups excluding carboxylic acids is 1. The Labute approximate surface area is 140 Å². The first-order chi connectivity index (χ1) is 10.5. The maximum absolute atomic E-state index is 12.2. The number of benzene rings is 1. The molecule has 0 fully saturated rings. The number of thiazole rings is 1. The molecule has 5 nitrogen and oxygen atoms in total. The minimum atomic E-state index is -1.00. The van der Waals surface area contributed by atoms with E-state index in [2.05, 4.69) is 10.3 Å². The van der Waals surface area contributed by atoms with Gasteiger partial charge in [-0.25, -0.2) is 4.98 Å². The summed E-state index contributed by atoms with van der Waals surface area (Å²) in [6.07, 6.45) is 2.27. The highest BCUT2D eigenvalue weighted by Crippen LogP contribution is 2.22. The lowest BCUT2D eigenvalue weighted by atomic mass is 10.2. The molecule has 0 saturated heterocycles. The SMILES string of the molecule is CS(=O)Cc1cc(NC(=O)c2csc(CCN)n2)ccc1Cl. The Hall–Kier alpha value is -1.28. The van der Waals surface area contributed by atoms with Crippen molar-refractivity contribution in [3.05, 3.63) is 44.9 Å². The minimum Gasteiger partial charge on any atom is -0.330 e. The molecule has 8 heteroatoms. The Balaban J connectivity index is 2.12.